The van der Waals surface area contributed by atoms with E-state index >= 15 is 0 Å². The molecule has 0 aliphatic heterocycles. The van der Waals surface area contributed by atoms with Crippen molar-refractivity contribution in [2.45, 2.75) is 45.4 Å². The van der Waals surface area contributed by atoms with Crippen LogP contribution >= 0.6 is 0 Å². The van der Waals surface area contributed by atoms with Crippen LogP contribution in [0.5, 0.6) is 5.75 Å². The summed E-state index contributed by atoms with van der Waals surface area (Å²) < 4.78 is 5.56. The molecule has 0 amide bonds. The van der Waals surface area contributed by atoms with Crippen LogP contribution in [0.4, 0.5) is 0 Å². The fourth-order valence-corrected chi connectivity index (χ4v) is 4.67. The molecular formula is C20H22O2. The molecular weight excluding hydrogens is 272 g/mol. The molecule has 0 saturated heterocycles. The molecule has 2 nitrogen and oxygen atoms in total. The monoisotopic (exact) mass is 294 g/mol. The Labute approximate surface area is 131 Å². The highest BCUT2D eigenvalue weighted by molar-refractivity contribution is 5.93. The van der Waals surface area contributed by atoms with Crippen LogP contribution in [0.3, 0.4) is 0 Å². The molecule has 4 rings (SSSR count). The van der Waals surface area contributed by atoms with E-state index in [1.54, 1.807) is 12.7 Å². The van der Waals surface area contributed by atoms with E-state index in [1.165, 1.54) is 22.3 Å². The lowest BCUT2D eigenvalue weighted by atomic mass is 9.59. The Hall–Kier alpha value is -1.83. The molecule has 0 N–H and O–H groups in total. The molecule has 0 heterocycles. The van der Waals surface area contributed by atoms with E-state index in [0.29, 0.717) is 12.2 Å². The van der Waals surface area contributed by atoms with Gasteiger partial charge in [-0.2, -0.15) is 0 Å². The lowest BCUT2D eigenvalue weighted by Crippen LogP contribution is -2.32. The molecule has 3 aliphatic rings. The van der Waals surface area contributed by atoms with E-state index in [9.17, 15) is 4.79 Å². The molecule has 114 valence electrons. The summed E-state index contributed by atoms with van der Waals surface area (Å²) in [6.07, 6.45) is 7.85. The zero-order chi connectivity index (χ0) is 15.3. The highest BCUT2D eigenvalue weighted by Gasteiger charge is 2.42. The van der Waals surface area contributed by atoms with Gasteiger partial charge in [0.05, 0.1) is 7.11 Å². The minimum atomic E-state index is 0.113. The number of allylic oxidation sites excluding steroid dienone is 4. The van der Waals surface area contributed by atoms with Crippen LogP contribution in [-0.4, -0.2) is 12.9 Å². The number of hydrogen-bond acceptors (Lipinski definition) is 2. The molecule has 2 heteroatoms. The van der Waals surface area contributed by atoms with Crippen LogP contribution in [0.1, 0.15) is 50.2 Å². The van der Waals surface area contributed by atoms with E-state index in [1.807, 2.05) is 6.08 Å². The molecule has 0 saturated carbocycles. The summed E-state index contributed by atoms with van der Waals surface area (Å²) >= 11 is 0. The molecule has 0 fully saturated rings. The third kappa shape index (κ3) is 1.83. The molecule has 22 heavy (non-hydrogen) atoms. The van der Waals surface area contributed by atoms with E-state index in [-0.39, 0.29) is 5.41 Å². The summed E-state index contributed by atoms with van der Waals surface area (Å²) in [5.41, 5.74) is 7.34. The first-order valence-electron chi connectivity index (χ1n) is 8.26. The Balaban J connectivity index is 1.88. The quantitative estimate of drug-likeness (QED) is 0.763. The highest BCUT2D eigenvalue weighted by Crippen LogP contribution is 2.55. The van der Waals surface area contributed by atoms with Crippen molar-refractivity contribution in [2.75, 3.05) is 7.11 Å². The molecule has 0 spiro atoms. The van der Waals surface area contributed by atoms with Gasteiger partial charge in [0.15, 0.2) is 5.78 Å². The first-order chi connectivity index (χ1) is 10.6. The van der Waals surface area contributed by atoms with E-state index in [2.05, 4.69) is 25.1 Å². The fraction of sp³-hybridized carbons (Fsp3) is 0.450. The Morgan fingerprint density at radius 1 is 1.09 bits per heavy atom. The second-order valence-electron chi connectivity index (χ2n) is 6.91. The summed E-state index contributed by atoms with van der Waals surface area (Å²) in [7, 11) is 1.76. The number of carbonyl (C=O) groups excluding carboxylic acids is 1. The lowest BCUT2D eigenvalue weighted by Gasteiger charge is -2.45. The number of carbonyl (C=O) groups is 1. The van der Waals surface area contributed by atoms with E-state index in [0.717, 1.165) is 37.9 Å². The van der Waals surface area contributed by atoms with Crippen molar-refractivity contribution in [1.82, 2.24) is 0 Å². The second-order valence-corrected chi connectivity index (χ2v) is 6.91. The maximum Gasteiger partial charge on any atom is 0.155 e. The zero-order valence-corrected chi connectivity index (χ0v) is 13.4. The van der Waals surface area contributed by atoms with Crippen LogP contribution in [0.2, 0.25) is 0 Å². The number of hydrogen-bond donors (Lipinski definition) is 0. The molecule has 0 bridgehead atoms. The maximum atomic E-state index is 11.8. The Morgan fingerprint density at radius 3 is 2.77 bits per heavy atom. The number of ether oxygens (including phenoxy) is 1. The highest BCUT2D eigenvalue weighted by atomic mass is 16.5. The summed E-state index contributed by atoms with van der Waals surface area (Å²) in [6, 6.07) is 6.42. The second kappa shape index (κ2) is 4.84. The van der Waals surface area contributed by atoms with Gasteiger partial charge in [0.25, 0.3) is 0 Å². The number of methoxy groups -OCH3 is 1. The van der Waals surface area contributed by atoms with Crippen LogP contribution < -0.4 is 4.74 Å². The predicted octanol–water partition coefficient (Wildman–Crippen LogP) is 4.48. The number of rotatable bonds is 1. The number of benzene rings is 1. The molecule has 1 aromatic rings. The Morgan fingerprint density at radius 2 is 1.95 bits per heavy atom. The summed E-state index contributed by atoms with van der Waals surface area (Å²) in [5, 5.41) is 0. The van der Waals surface area contributed by atoms with Crippen molar-refractivity contribution < 1.29 is 9.53 Å². The van der Waals surface area contributed by atoms with Gasteiger partial charge in [-0.1, -0.05) is 30.2 Å². The van der Waals surface area contributed by atoms with Crippen LogP contribution in [0.15, 0.2) is 35.4 Å². The Bertz CT molecular complexity index is 723. The standard InChI is InChI=1S/C20H22O2/c1-20-11-10-14(21)12-13(20)6-7-16-15-4-3-5-19(22-2)17(15)8-9-18(16)20/h3-5,12H,6-11H2,1-2H3/t20-/m1/s1. The summed E-state index contributed by atoms with van der Waals surface area (Å²) in [4.78, 5) is 11.8. The lowest BCUT2D eigenvalue weighted by molar-refractivity contribution is -0.115. The van der Waals surface area contributed by atoms with Crippen molar-refractivity contribution in [3.63, 3.8) is 0 Å². The van der Waals surface area contributed by atoms with Gasteiger partial charge in [0.1, 0.15) is 5.75 Å². The van der Waals surface area contributed by atoms with Crippen molar-refractivity contribution >= 4 is 11.4 Å². The third-order valence-electron chi connectivity index (χ3n) is 5.89. The fourth-order valence-electron chi connectivity index (χ4n) is 4.67. The minimum Gasteiger partial charge on any atom is -0.496 e. The van der Waals surface area contributed by atoms with Crippen molar-refractivity contribution in [1.29, 1.82) is 0 Å². The van der Waals surface area contributed by atoms with Crippen molar-refractivity contribution in [3.8, 4) is 5.75 Å². The van der Waals surface area contributed by atoms with Crippen LogP contribution in [0.25, 0.3) is 5.57 Å². The van der Waals surface area contributed by atoms with E-state index < -0.39 is 0 Å². The van der Waals surface area contributed by atoms with Gasteiger partial charge in [-0.15, -0.1) is 0 Å². The number of fused-ring (bicyclic) bond motifs is 4. The topological polar surface area (TPSA) is 26.3 Å². The molecule has 1 aromatic carbocycles. The van der Waals surface area contributed by atoms with Gasteiger partial charge in [-0.05, 0) is 55.4 Å². The van der Waals surface area contributed by atoms with Crippen molar-refractivity contribution in [3.05, 3.63) is 46.5 Å². The van der Waals surface area contributed by atoms with Gasteiger partial charge >= 0.3 is 0 Å². The molecule has 0 unspecified atom stereocenters. The maximum absolute atomic E-state index is 11.8. The molecule has 0 aromatic heterocycles. The Kier molecular flexibility index (Phi) is 3.04. The summed E-state index contributed by atoms with van der Waals surface area (Å²) in [5.74, 6) is 1.34. The SMILES string of the molecule is COc1cccc2c1CCC1=C2CCC2=CC(=O)CC[C@]21C. The average Bonchev–Trinajstić information content (AvgIpc) is 2.54. The average molecular weight is 294 g/mol. The molecule has 1 atom stereocenters. The molecule has 3 aliphatic carbocycles. The van der Waals surface area contributed by atoms with Crippen LogP contribution in [-0.2, 0) is 11.2 Å². The first-order valence-corrected chi connectivity index (χ1v) is 8.26. The van der Waals surface area contributed by atoms with E-state index in [4.69, 9.17) is 4.74 Å². The first kappa shape index (κ1) is 13.8. The summed E-state index contributed by atoms with van der Waals surface area (Å²) in [6.45, 7) is 2.35. The smallest absolute Gasteiger partial charge is 0.155 e. The van der Waals surface area contributed by atoms with Gasteiger partial charge in [0, 0.05) is 17.4 Å². The van der Waals surface area contributed by atoms with Gasteiger partial charge in [-0.3, -0.25) is 4.79 Å². The normalized spacial score (nSPS) is 26.8. The largest absolute Gasteiger partial charge is 0.496 e. The number of ketones is 1. The zero-order valence-electron chi connectivity index (χ0n) is 13.4. The molecule has 0 radical (unpaired) electrons. The van der Waals surface area contributed by atoms with Gasteiger partial charge in [-0.25, -0.2) is 0 Å². The van der Waals surface area contributed by atoms with Gasteiger partial charge < -0.3 is 4.74 Å². The predicted molar refractivity (Wildman–Crippen MR) is 87.9 cm³/mol. The minimum absolute atomic E-state index is 0.113. The van der Waals surface area contributed by atoms with Crippen molar-refractivity contribution in [2.24, 2.45) is 5.41 Å². The van der Waals surface area contributed by atoms with Crippen LogP contribution in [0, 0.1) is 5.41 Å². The third-order valence-corrected chi connectivity index (χ3v) is 5.89. The van der Waals surface area contributed by atoms with Gasteiger partial charge in [0.2, 0.25) is 0 Å².